The normalized spacial score (nSPS) is 13.1. The van der Waals surface area contributed by atoms with Crippen molar-refractivity contribution in [2.45, 2.75) is 66.0 Å². The molecule has 0 saturated carbocycles. The second-order valence-corrected chi connectivity index (χ2v) is 10.5. The summed E-state index contributed by atoms with van der Waals surface area (Å²) in [5.74, 6) is -0.643. The van der Waals surface area contributed by atoms with Crippen molar-refractivity contribution < 1.29 is 14.3 Å². The Morgan fingerprint density at radius 3 is 2.72 bits per heavy atom. The predicted octanol–water partition coefficient (Wildman–Crippen LogP) is 6.18. The average molecular weight is 503 g/mol. The van der Waals surface area contributed by atoms with Gasteiger partial charge >= 0.3 is 5.97 Å². The lowest BCUT2D eigenvalue weighted by atomic mass is 9.95. The number of rotatable bonds is 6. The molecule has 0 aliphatic heterocycles. The van der Waals surface area contributed by atoms with Gasteiger partial charge in [0.15, 0.2) is 0 Å². The van der Waals surface area contributed by atoms with Gasteiger partial charge < -0.3 is 10.1 Å². The number of nitrogens with one attached hydrogen (secondary N) is 1. The molecule has 3 heterocycles. The predicted molar refractivity (Wildman–Crippen MR) is 143 cm³/mol. The van der Waals surface area contributed by atoms with Gasteiger partial charge in [-0.15, -0.1) is 11.3 Å². The van der Waals surface area contributed by atoms with Crippen molar-refractivity contribution >= 4 is 39.1 Å². The first-order valence-electron chi connectivity index (χ1n) is 12.5. The highest BCUT2D eigenvalue weighted by atomic mass is 32.1. The molecule has 5 rings (SSSR count). The van der Waals surface area contributed by atoms with Crippen molar-refractivity contribution in [3.63, 3.8) is 0 Å². The van der Waals surface area contributed by atoms with E-state index in [-0.39, 0.29) is 18.0 Å². The molecule has 4 aromatic rings. The van der Waals surface area contributed by atoms with Gasteiger partial charge in [0.25, 0.3) is 5.91 Å². The van der Waals surface area contributed by atoms with Crippen molar-refractivity contribution in [1.82, 2.24) is 14.8 Å². The van der Waals surface area contributed by atoms with E-state index in [0.717, 1.165) is 64.8 Å². The van der Waals surface area contributed by atoms with Crippen molar-refractivity contribution in [3.8, 4) is 11.3 Å². The van der Waals surface area contributed by atoms with Crippen LogP contribution in [0.1, 0.15) is 70.5 Å². The largest absolute Gasteiger partial charge is 0.459 e. The van der Waals surface area contributed by atoms with E-state index in [9.17, 15) is 9.59 Å². The van der Waals surface area contributed by atoms with Crippen LogP contribution in [-0.4, -0.2) is 32.7 Å². The number of benzene rings is 1. The number of aryl methyl sites for hydroxylation is 2. The van der Waals surface area contributed by atoms with E-state index in [1.54, 1.807) is 6.20 Å². The summed E-state index contributed by atoms with van der Waals surface area (Å²) in [7, 11) is 0. The Morgan fingerprint density at radius 1 is 1.19 bits per heavy atom. The number of hydrogen-bond donors (Lipinski definition) is 1. The van der Waals surface area contributed by atoms with E-state index in [1.165, 1.54) is 11.3 Å². The van der Waals surface area contributed by atoms with Crippen LogP contribution in [0.15, 0.2) is 36.5 Å². The van der Waals surface area contributed by atoms with Crippen LogP contribution in [0, 0.1) is 6.92 Å². The number of pyridine rings is 1. The van der Waals surface area contributed by atoms with Crippen molar-refractivity contribution in [2.24, 2.45) is 0 Å². The SMILES string of the molecule is CCn1ncc(-c2cc(C(=O)Nc3sc4c(c3C(=O)OC(C)C)CCCC4)c3ccccc3n2)c1C. The molecular weight excluding hydrogens is 472 g/mol. The molecule has 7 nitrogen and oxygen atoms in total. The second kappa shape index (κ2) is 9.85. The molecular formula is C28H30N4O3S. The molecule has 36 heavy (non-hydrogen) atoms. The smallest absolute Gasteiger partial charge is 0.341 e. The number of esters is 1. The van der Waals surface area contributed by atoms with Gasteiger partial charge in [-0.2, -0.15) is 5.10 Å². The number of para-hydroxylation sites is 1. The molecule has 1 amide bonds. The van der Waals surface area contributed by atoms with Gasteiger partial charge in [-0.25, -0.2) is 9.78 Å². The van der Waals surface area contributed by atoms with Crippen LogP contribution in [0.5, 0.6) is 0 Å². The van der Waals surface area contributed by atoms with Crippen LogP contribution in [-0.2, 0) is 24.1 Å². The van der Waals surface area contributed by atoms with Crippen LogP contribution >= 0.6 is 11.3 Å². The third-order valence-electron chi connectivity index (χ3n) is 6.58. The standard InChI is InChI=1S/C28H30N4O3S/c1-5-32-17(4)21(15-29-32)23-14-20(18-10-6-8-12-22(18)30-23)26(33)31-27-25(28(34)35-16(2)3)19-11-7-9-13-24(19)36-27/h6,8,10,12,14-16H,5,7,9,11,13H2,1-4H3,(H,31,33). The van der Waals surface area contributed by atoms with Gasteiger partial charge in [0.1, 0.15) is 5.00 Å². The number of thiophene rings is 1. The van der Waals surface area contributed by atoms with Crippen LogP contribution in [0.2, 0.25) is 0 Å². The lowest BCUT2D eigenvalue weighted by Crippen LogP contribution is -2.18. The molecule has 0 saturated heterocycles. The third kappa shape index (κ3) is 4.41. The molecule has 1 aromatic carbocycles. The van der Waals surface area contributed by atoms with E-state index in [4.69, 9.17) is 9.72 Å². The van der Waals surface area contributed by atoms with Crippen LogP contribution in [0.4, 0.5) is 5.00 Å². The molecule has 1 aliphatic carbocycles. The van der Waals surface area contributed by atoms with E-state index >= 15 is 0 Å². The molecule has 1 N–H and O–H groups in total. The van der Waals surface area contributed by atoms with E-state index in [1.807, 2.05) is 62.7 Å². The number of carbonyl (C=O) groups excluding carboxylic acids is 2. The van der Waals surface area contributed by atoms with Crippen molar-refractivity contribution in [3.05, 3.63) is 63.8 Å². The summed E-state index contributed by atoms with van der Waals surface area (Å²) >= 11 is 1.49. The molecule has 0 spiro atoms. The van der Waals surface area contributed by atoms with Crippen LogP contribution < -0.4 is 5.32 Å². The van der Waals surface area contributed by atoms with Crippen molar-refractivity contribution in [1.29, 1.82) is 0 Å². The maximum Gasteiger partial charge on any atom is 0.341 e. The fourth-order valence-corrected chi connectivity index (χ4v) is 6.10. The fraction of sp³-hybridized carbons (Fsp3) is 0.357. The summed E-state index contributed by atoms with van der Waals surface area (Å²) in [5, 5.41) is 8.84. The molecule has 1 aliphatic rings. The first kappa shape index (κ1) is 24.2. The van der Waals surface area contributed by atoms with Gasteiger partial charge in [-0.05, 0) is 71.1 Å². The van der Waals surface area contributed by atoms with Crippen LogP contribution in [0.25, 0.3) is 22.2 Å². The van der Waals surface area contributed by atoms with E-state index < -0.39 is 0 Å². The molecule has 0 fully saturated rings. The van der Waals surface area contributed by atoms with Gasteiger partial charge in [0.2, 0.25) is 0 Å². The van der Waals surface area contributed by atoms with E-state index in [2.05, 4.69) is 10.4 Å². The Labute approximate surface area is 214 Å². The Morgan fingerprint density at radius 2 is 1.97 bits per heavy atom. The maximum atomic E-state index is 13.8. The summed E-state index contributed by atoms with van der Waals surface area (Å²) in [6, 6.07) is 9.44. The third-order valence-corrected chi connectivity index (χ3v) is 7.79. The number of fused-ring (bicyclic) bond motifs is 2. The Kier molecular flexibility index (Phi) is 6.62. The van der Waals surface area contributed by atoms with Crippen molar-refractivity contribution in [2.75, 3.05) is 5.32 Å². The maximum absolute atomic E-state index is 13.8. The minimum absolute atomic E-state index is 0.237. The second-order valence-electron chi connectivity index (χ2n) is 9.35. The number of carbonyl (C=O) groups is 2. The Bertz CT molecular complexity index is 1470. The monoisotopic (exact) mass is 502 g/mol. The summed E-state index contributed by atoms with van der Waals surface area (Å²) in [4.78, 5) is 32.8. The number of anilines is 1. The lowest BCUT2D eigenvalue weighted by molar-refractivity contribution is 0.0378. The number of amides is 1. The highest BCUT2D eigenvalue weighted by Gasteiger charge is 2.28. The molecule has 3 aromatic heterocycles. The topological polar surface area (TPSA) is 86.1 Å². The minimum Gasteiger partial charge on any atom is -0.459 e. The molecule has 186 valence electrons. The summed E-state index contributed by atoms with van der Waals surface area (Å²) in [5.41, 5.74) is 5.36. The summed E-state index contributed by atoms with van der Waals surface area (Å²) in [6.07, 6.45) is 5.42. The summed E-state index contributed by atoms with van der Waals surface area (Å²) in [6.45, 7) is 8.47. The zero-order chi connectivity index (χ0) is 25.4. The molecule has 0 bridgehead atoms. The van der Waals surface area contributed by atoms with Gasteiger partial charge in [-0.3, -0.25) is 9.48 Å². The van der Waals surface area contributed by atoms with Gasteiger partial charge in [0, 0.05) is 28.1 Å². The molecule has 0 atom stereocenters. The van der Waals surface area contributed by atoms with E-state index in [0.29, 0.717) is 21.8 Å². The first-order valence-corrected chi connectivity index (χ1v) is 13.3. The zero-order valence-corrected chi connectivity index (χ0v) is 21.9. The highest BCUT2D eigenvalue weighted by Crippen LogP contribution is 2.39. The van der Waals surface area contributed by atoms with Gasteiger partial charge in [-0.1, -0.05) is 18.2 Å². The molecule has 0 unspecified atom stereocenters. The van der Waals surface area contributed by atoms with Crippen LogP contribution in [0.3, 0.4) is 0 Å². The molecule has 8 heteroatoms. The quantitative estimate of drug-likeness (QED) is 0.318. The molecule has 0 radical (unpaired) electrons. The number of hydrogen-bond acceptors (Lipinski definition) is 6. The zero-order valence-electron chi connectivity index (χ0n) is 21.1. The average Bonchev–Trinajstić information content (AvgIpc) is 3.42. The Balaban J connectivity index is 1.58. The van der Waals surface area contributed by atoms with Gasteiger partial charge in [0.05, 0.1) is 34.6 Å². The number of ether oxygens (including phenoxy) is 1. The first-order chi connectivity index (χ1) is 17.4. The number of nitrogens with zero attached hydrogens (tertiary/aromatic N) is 3. The number of aromatic nitrogens is 3. The lowest BCUT2D eigenvalue weighted by Gasteiger charge is -2.14. The summed E-state index contributed by atoms with van der Waals surface area (Å²) < 4.78 is 7.47. The fourth-order valence-electron chi connectivity index (χ4n) is 4.83. The Hall–Kier alpha value is -3.52. The minimum atomic E-state index is -0.373. The highest BCUT2D eigenvalue weighted by molar-refractivity contribution is 7.17.